The van der Waals surface area contributed by atoms with Crippen molar-refractivity contribution < 1.29 is 38.3 Å². The van der Waals surface area contributed by atoms with Gasteiger partial charge in [0.25, 0.3) is 11.8 Å². The third-order valence-corrected chi connectivity index (χ3v) is 3.22. The molecule has 1 N–H and O–H groups in total. The van der Waals surface area contributed by atoms with E-state index in [1.165, 1.54) is 0 Å². The summed E-state index contributed by atoms with van der Waals surface area (Å²) in [6.45, 7) is 9.97. The SMILES string of the molecule is CC(C)(C)OC(=O)N[C@H](CCC(=O)ON1C(=O)CCC1=O)C(=O)OC(C)(C)C. The molecule has 1 rings (SSSR count). The summed E-state index contributed by atoms with van der Waals surface area (Å²) in [5.74, 6) is -2.84. The molecule has 0 bridgehead atoms. The van der Waals surface area contributed by atoms with Gasteiger partial charge in [-0.1, -0.05) is 0 Å². The minimum Gasteiger partial charge on any atom is -0.458 e. The molecule has 0 aliphatic carbocycles. The van der Waals surface area contributed by atoms with Gasteiger partial charge in [-0.3, -0.25) is 9.59 Å². The van der Waals surface area contributed by atoms with Gasteiger partial charge in [0, 0.05) is 12.8 Å². The number of carbonyl (C=O) groups excluding carboxylic acids is 5. The fourth-order valence-corrected chi connectivity index (χ4v) is 2.14. The van der Waals surface area contributed by atoms with Crippen molar-refractivity contribution in [3.63, 3.8) is 0 Å². The number of nitrogens with one attached hydrogen (secondary N) is 1. The van der Waals surface area contributed by atoms with Crippen molar-refractivity contribution >= 4 is 29.8 Å². The molecule has 0 unspecified atom stereocenters. The van der Waals surface area contributed by atoms with Crippen molar-refractivity contribution in [1.29, 1.82) is 0 Å². The number of carbonyl (C=O) groups is 5. The first-order valence-corrected chi connectivity index (χ1v) is 8.97. The van der Waals surface area contributed by atoms with Gasteiger partial charge in [-0.2, -0.15) is 0 Å². The maximum atomic E-state index is 12.4. The molecule has 1 atom stereocenters. The molecule has 0 spiro atoms. The van der Waals surface area contributed by atoms with Crippen LogP contribution < -0.4 is 5.32 Å². The van der Waals surface area contributed by atoms with Crippen LogP contribution in [0.3, 0.4) is 0 Å². The van der Waals surface area contributed by atoms with Crippen LogP contribution >= 0.6 is 0 Å². The lowest BCUT2D eigenvalue weighted by atomic mass is 10.1. The molecule has 28 heavy (non-hydrogen) atoms. The van der Waals surface area contributed by atoms with E-state index in [1.54, 1.807) is 41.5 Å². The van der Waals surface area contributed by atoms with Gasteiger partial charge in [0.05, 0.1) is 6.42 Å². The molecular formula is C18H28N2O8. The number of ether oxygens (including phenoxy) is 2. The highest BCUT2D eigenvalue weighted by Crippen LogP contribution is 2.15. The molecule has 1 aliphatic heterocycles. The van der Waals surface area contributed by atoms with Crippen molar-refractivity contribution in [3.8, 4) is 0 Å². The Kier molecular flexibility index (Phi) is 7.54. The molecule has 0 saturated carbocycles. The van der Waals surface area contributed by atoms with E-state index in [9.17, 15) is 24.0 Å². The molecule has 1 saturated heterocycles. The Morgan fingerprint density at radius 3 is 1.93 bits per heavy atom. The number of nitrogens with zero attached hydrogens (tertiary/aromatic N) is 1. The number of rotatable bonds is 6. The maximum Gasteiger partial charge on any atom is 0.408 e. The summed E-state index contributed by atoms with van der Waals surface area (Å²) in [5, 5.41) is 2.79. The molecule has 10 nitrogen and oxygen atoms in total. The third kappa shape index (κ3) is 8.36. The zero-order chi connectivity index (χ0) is 21.7. The van der Waals surface area contributed by atoms with Gasteiger partial charge >= 0.3 is 18.0 Å². The second-order valence-electron chi connectivity index (χ2n) is 8.32. The number of amides is 3. The number of hydroxylamine groups is 2. The summed E-state index contributed by atoms with van der Waals surface area (Å²) in [5.41, 5.74) is -1.59. The first-order chi connectivity index (χ1) is 12.7. The summed E-state index contributed by atoms with van der Waals surface area (Å²) < 4.78 is 10.4. The molecule has 1 aliphatic rings. The van der Waals surface area contributed by atoms with E-state index >= 15 is 0 Å². The Labute approximate surface area is 163 Å². The lowest BCUT2D eigenvalue weighted by molar-refractivity contribution is -0.197. The first kappa shape index (κ1) is 23.4. The van der Waals surface area contributed by atoms with Gasteiger partial charge in [-0.15, -0.1) is 5.06 Å². The van der Waals surface area contributed by atoms with Crippen molar-refractivity contribution in [3.05, 3.63) is 0 Å². The monoisotopic (exact) mass is 400 g/mol. The predicted molar refractivity (Wildman–Crippen MR) is 95.4 cm³/mol. The Bertz CT molecular complexity index is 629. The smallest absolute Gasteiger partial charge is 0.408 e. The molecule has 1 fully saturated rings. The van der Waals surface area contributed by atoms with Crippen LogP contribution in [0.2, 0.25) is 0 Å². The average molecular weight is 400 g/mol. The molecule has 1 heterocycles. The van der Waals surface area contributed by atoms with Crippen LogP contribution in [0.15, 0.2) is 0 Å². The Hall–Kier alpha value is -2.65. The lowest BCUT2D eigenvalue weighted by Crippen LogP contribution is -2.46. The van der Waals surface area contributed by atoms with Crippen LogP contribution in [0.25, 0.3) is 0 Å². The van der Waals surface area contributed by atoms with Crippen molar-refractivity contribution in [2.75, 3.05) is 0 Å². The van der Waals surface area contributed by atoms with Crippen molar-refractivity contribution in [1.82, 2.24) is 10.4 Å². The van der Waals surface area contributed by atoms with Crippen LogP contribution in [0.4, 0.5) is 4.79 Å². The zero-order valence-electron chi connectivity index (χ0n) is 17.1. The van der Waals surface area contributed by atoms with E-state index in [4.69, 9.17) is 14.3 Å². The number of hydrogen-bond donors (Lipinski definition) is 1. The van der Waals surface area contributed by atoms with Crippen LogP contribution in [-0.2, 0) is 33.5 Å². The second kappa shape index (κ2) is 9.03. The van der Waals surface area contributed by atoms with Gasteiger partial charge < -0.3 is 19.6 Å². The summed E-state index contributed by atoms with van der Waals surface area (Å²) in [7, 11) is 0. The highest BCUT2D eigenvalue weighted by atomic mass is 16.7. The molecule has 0 radical (unpaired) electrons. The molecule has 0 aromatic heterocycles. The van der Waals surface area contributed by atoms with Gasteiger partial charge in [-0.05, 0) is 48.0 Å². The van der Waals surface area contributed by atoms with E-state index in [-0.39, 0.29) is 25.7 Å². The molecule has 158 valence electrons. The Morgan fingerprint density at radius 2 is 1.46 bits per heavy atom. The zero-order valence-corrected chi connectivity index (χ0v) is 17.1. The summed E-state index contributed by atoms with van der Waals surface area (Å²) in [4.78, 5) is 64.0. The minimum atomic E-state index is -1.17. The maximum absolute atomic E-state index is 12.4. The molecular weight excluding hydrogens is 372 g/mol. The largest absolute Gasteiger partial charge is 0.458 e. The van der Waals surface area contributed by atoms with Gasteiger partial charge in [0.2, 0.25) is 0 Å². The third-order valence-electron chi connectivity index (χ3n) is 3.22. The molecule has 0 aromatic carbocycles. The highest BCUT2D eigenvalue weighted by Gasteiger charge is 2.34. The van der Waals surface area contributed by atoms with Gasteiger partial charge in [0.15, 0.2) is 0 Å². The van der Waals surface area contributed by atoms with Crippen LogP contribution in [0.1, 0.15) is 67.2 Å². The van der Waals surface area contributed by atoms with E-state index in [2.05, 4.69) is 5.32 Å². The number of hydrogen-bond acceptors (Lipinski definition) is 8. The fourth-order valence-electron chi connectivity index (χ4n) is 2.14. The highest BCUT2D eigenvalue weighted by molar-refractivity contribution is 6.01. The van der Waals surface area contributed by atoms with E-state index in [0.29, 0.717) is 5.06 Å². The predicted octanol–water partition coefficient (Wildman–Crippen LogP) is 1.61. The van der Waals surface area contributed by atoms with Crippen LogP contribution in [-0.4, -0.2) is 52.2 Å². The standard InChI is InChI=1S/C18H28N2O8/c1-17(2,3)26-15(24)11(19-16(25)27-18(4,5)6)7-10-14(23)28-20-12(21)8-9-13(20)22/h11H,7-10H2,1-6H3,(H,19,25)/t11-/m1/s1. The topological polar surface area (TPSA) is 128 Å². The average Bonchev–Trinajstić information content (AvgIpc) is 2.79. The quantitative estimate of drug-likeness (QED) is 0.526. The Balaban J connectivity index is 2.71. The van der Waals surface area contributed by atoms with E-state index in [1.807, 2.05) is 0 Å². The van der Waals surface area contributed by atoms with E-state index in [0.717, 1.165) is 0 Å². The fraction of sp³-hybridized carbons (Fsp3) is 0.722. The lowest BCUT2D eigenvalue weighted by Gasteiger charge is -2.26. The number of imide groups is 1. The summed E-state index contributed by atoms with van der Waals surface area (Å²) >= 11 is 0. The van der Waals surface area contributed by atoms with E-state index < -0.39 is 47.1 Å². The molecule has 3 amide bonds. The van der Waals surface area contributed by atoms with Crippen LogP contribution in [0, 0.1) is 0 Å². The summed E-state index contributed by atoms with van der Waals surface area (Å²) in [6, 6.07) is -1.17. The minimum absolute atomic E-state index is 0.0210. The van der Waals surface area contributed by atoms with Gasteiger partial charge in [-0.25, -0.2) is 14.4 Å². The van der Waals surface area contributed by atoms with Crippen molar-refractivity contribution in [2.24, 2.45) is 0 Å². The summed E-state index contributed by atoms with van der Waals surface area (Å²) in [6.07, 6.45) is -1.39. The number of esters is 1. The molecule has 10 heteroatoms. The van der Waals surface area contributed by atoms with Crippen molar-refractivity contribution in [2.45, 2.75) is 84.5 Å². The first-order valence-electron chi connectivity index (χ1n) is 8.97. The molecule has 0 aromatic rings. The normalized spacial score (nSPS) is 15.9. The Morgan fingerprint density at radius 1 is 0.964 bits per heavy atom. The number of alkyl carbamates (subject to hydrolysis) is 1. The van der Waals surface area contributed by atoms with Gasteiger partial charge in [0.1, 0.15) is 17.2 Å². The van der Waals surface area contributed by atoms with Crippen LogP contribution in [0.5, 0.6) is 0 Å². The second-order valence-corrected chi connectivity index (χ2v) is 8.32.